The van der Waals surface area contributed by atoms with Crippen molar-refractivity contribution >= 4 is 10.0 Å². The molecule has 0 radical (unpaired) electrons. The SMILES string of the molecule is COc1ccc2c(c1)OC[C@H](Cc1ccc(OCCN3CCCC3)cc1)N(S(=O)(=O)c1ccc(C)cc1)C2. The molecule has 0 aromatic heterocycles. The maximum absolute atomic E-state index is 13.9. The van der Waals surface area contributed by atoms with E-state index in [1.54, 1.807) is 23.5 Å². The zero-order chi connectivity index (χ0) is 26.5. The number of hydrogen-bond acceptors (Lipinski definition) is 6. The third-order valence-electron chi connectivity index (χ3n) is 7.34. The molecule has 38 heavy (non-hydrogen) atoms. The lowest BCUT2D eigenvalue weighted by Crippen LogP contribution is -2.43. The summed E-state index contributed by atoms with van der Waals surface area (Å²) in [5.74, 6) is 2.15. The van der Waals surface area contributed by atoms with Gasteiger partial charge in [-0.25, -0.2) is 8.42 Å². The Morgan fingerprint density at radius 1 is 0.947 bits per heavy atom. The van der Waals surface area contributed by atoms with Gasteiger partial charge >= 0.3 is 0 Å². The lowest BCUT2D eigenvalue weighted by molar-refractivity contribution is 0.218. The molecule has 0 amide bonds. The molecule has 0 saturated carbocycles. The van der Waals surface area contributed by atoms with Crippen molar-refractivity contribution in [3.63, 3.8) is 0 Å². The Morgan fingerprint density at radius 3 is 2.37 bits per heavy atom. The molecule has 0 aliphatic carbocycles. The molecule has 2 heterocycles. The van der Waals surface area contributed by atoms with Crippen LogP contribution in [-0.4, -0.2) is 63.6 Å². The van der Waals surface area contributed by atoms with Gasteiger partial charge in [-0.15, -0.1) is 0 Å². The second kappa shape index (κ2) is 11.8. The Morgan fingerprint density at radius 2 is 1.66 bits per heavy atom. The first-order valence-electron chi connectivity index (χ1n) is 13.2. The Bertz CT molecular complexity index is 1320. The number of benzene rings is 3. The topological polar surface area (TPSA) is 68.3 Å². The minimum absolute atomic E-state index is 0.220. The molecule has 0 bridgehead atoms. The van der Waals surface area contributed by atoms with Crippen molar-refractivity contribution in [2.45, 2.75) is 43.7 Å². The first kappa shape index (κ1) is 26.5. The van der Waals surface area contributed by atoms with E-state index in [1.165, 1.54) is 12.8 Å². The van der Waals surface area contributed by atoms with Crippen molar-refractivity contribution in [1.82, 2.24) is 9.21 Å². The van der Waals surface area contributed by atoms with Gasteiger partial charge < -0.3 is 14.2 Å². The Hall–Kier alpha value is -3.07. The summed E-state index contributed by atoms with van der Waals surface area (Å²) in [5.41, 5.74) is 2.85. The fourth-order valence-corrected chi connectivity index (χ4v) is 6.66. The molecule has 3 aromatic rings. The largest absolute Gasteiger partial charge is 0.497 e. The predicted octanol–water partition coefficient (Wildman–Crippen LogP) is 4.67. The molecule has 0 N–H and O–H groups in total. The summed E-state index contributed by atoms with van der Waals surface area (Å²) in [6.45, 7) is 6.33. The number of methoxy groups -OCH3 is 1. The summed E-state index contributed by atoms with van der Waals surface area (Å²) in [6.07, 6.45) is 3.06. The van der Waals surface area contributed by atoms with Gasteiger partial charge in [0.1, 0.15) is 30.5 Å². The van der Waals surface area contributed by atoms with Crippen LogP contribution in [0, 0.1) is 6.92 Å². The number of aryl methyl sites for hydroxylation is 1. The second-order valence-electron chi connectivity index (χ2n) is 10.0. The number of rotatable bonds is 9. The van der Waals surface area contributed by atoms with Crippen LogP contribution in [-0.2, 0) is 23.0 Å². The van der Waals surface area contributed by atoms with Crippen LogP contribution in [0.15, 0.2) is 71.6 Å². The van der Waals surface area contributed by atoms with Crippen LogP contribution < -0.4 is 14.2 Å². The van der Waals surface area contributed by atoms with Gasteiger partial charge in [0.05, 0.1) is 18.0 Å². The number of nitrogens with zero attached hydrogens (tertiary/aromatic N) is 2. The molecule has 7 nitrogen and oxygen atoms in total. The predicted molar refractivity (Wildman–Crippen MR) is 147 cm³/mol. The monoisotopic (exact) mass is 536 g/mol. The van der Waals surface area contributed by atoms with Gasteiger partial charge in [0.25, 0.3) is 0 Å². The van der Waals surface area contributed by atoms with E-state index in [9.17, 15) is 8.42 Å². The summed E-state index contributed by atoms with van der Waals surface area (Å²) >= 11 is 0. The van der Waals surface area contributed by atoms with Gasteiger partial charge in [0, 0.05) is 24.7 Å². The van der Waals surface area contributed by atoms with Crippen LogP contribution in [0.2, 0.25) is 0 Å². The molecule has 5 rings (SSSR count). The average molecular weight is 537 g/mol. The van der Waals surface area contributed by atoms with Crippen LogP contribution >= 0.6 is 0 Å². The van der Waals surface area contributed by atoms with Gasteiger partial charge in [0.15, 0.2) is 0 Å². The summed E-state index contributed by atoms with van der Waals surface area (Å²) < 4.78 is 46.8. The van der Waals surface area contributed by atoms with E-state index in [0.717, 1.165) is 42.1 Å². The van der Waals surface area contributed by atoms with Gasteiger partial charge in [-0.2, -0.15) is 4.31 Å². The first-order valence-corrected chi connectivity index (χ1v) is 14.7. The minimum atomic E-state index is -3.77. The molecule has 2 aliphatic rings. The van der Waals surface area contributed by atoms with Crippen molar-refractivity contribution in [3.8, 4) is 17.2 Å². The number of hydrogen-bond donors (Lipinski definition) is 0. The lowest BCUT2D eigenvalue weighted by atomic mass is 10.1. The van der Waals surface area contributed by atoms with E-state index < -0.39 is 10.0 Å². The van der Waals surface area contributed by atoms with Gasteiger partial charge in [-0.1, -0.05) is 35.9 Å². The van der Waals surface area contributed by atoms with Crippen LogP contribution in [0.1, 0.15) is 29.5 Å². The lowest BCUT2D eigenvalue weighted by Gasteiger charge is -2.28. The highest BCUT2D eigenvalue weighted by Gasteiger charge is 2.35. The van der Waals surface area contributed by atoms with Gasteiger partial charge in [0.2, 0.25) is 10.0 Å². The first-order chi connectivity index (χ1) is 18.4. The highest BCUT2D eigenvalue weighted by atomic mass is 32.2. The van der Waals surface area contributed by atoms with E-state index in [1.807, 2.05) is 61.5 Å². The average Bonchev–Trinajstić information content (AvgIpc) is 3.38. The molecule has 1 fully saturated rings. The molecule has 202 valence electrons. The Balaban J connectivity index is 1.35. The maximum Gasteiger partial charge on any atom is 0.243 e. The van der Waals surface area contributed by atoms with E-state index >= 15 is 0 Å². The molecule has 3 aromatic carbocycles. The smallest absolute Gasteiger partial charge is 0.243 e. The minimum Gasteiger partial charge on any atom is -0.497 e. The van der Waals surface area contributed by atoms with Crippen molar-refractivity contribution < 1.29 is 22.6 Å². The molecule has 2 aliphatic heterocycles. The second-order valence-corrected chi connectivity index (χ2v) is 11.9. The Kier molecular flexibility index (Phi) is 8.21. The number of sulfonamides is 1. The van der Waals surface area contributed by atoms with Crippen LogP contribution in [0.5, 0.6) is 17.2 Å². The summed E-state index contributed by atoms with van der Waals surface area (Å²) in [4.78, 5) is 2.71. The van der Waals surface area contributed by atoms with Gasteiger partial charge in [-0.05, 0) is 75.2 Å². The van der Waals surface area contributed by atoms with E-state index in [0.29, 0.717) is 24.5 Å². The quantitative estimate of drug-likeness (QED) is 0.396. The number of ether oxygens (including phenoxy) is 3. The van der Waals surface area contributed by atoms with Crippen molar-refractivity contribution in [2.75, 3.05) is 40.0 Å². The van der Waals surface area contributed by atoms with Crippen LogP contribution in [0.25, 0.3) is 0 Å². The summed E-state index contributed by atoms with van der Waals surface area (Å²) in [6, 6.07) is 20.1. The van der Waals surface area contributed by atoms with Crippen LogP contribution in [0.4, 0.5) is 0 Å². The molecule has 0 unspecified atom stereocenters. The van der Waals surface area contributed by atoms with E-state index in [4.69, 9.17) is 14.2 Å². The van der Waals surface area contributed by atoms with Gasteiger partial charge in [-0.3, -0.25) is 4.90 Å². The molecular formula is C30H36N2O5S. The normalized spacial score (nSPS) is 18.4. The molecule has 1 atom stereocenters. The standard InChI is InChI=1S/C30H36N2O5S/c1-23-5-13-29(14-6-23)38(33,34)32-21-25-9-12-28(35-2)20-30(25)37-22-26(32)19-24-7-10-27(11-8-24)36-18-17-31-15-3-4-16-31/h5-14,20,26H,3-4,15-19,21-22H2,1-2H3/t26-/m0/s1. The number of likely N-dealkylation sites (tertiary alicyclic amines) is 1. The van der Waals surface area contributed by atoms with Crippen molar-refractivity contribution in [3.05, 3.63) is 83.4 Å². The summed E-state index contributed by atoms with van der Waals surface area (Å²) in [5, 5.41) is 0. The fourth-order valence-electron chi connectivity index (χ4n) is 5.07. The zero-order valence-electron chi connectivity index (χ0n) is 22.1. The molecule has 1 saturated heterocycles. The summed E-state index contributed by atoms with van der Waals surface area (Å²) in [7, 11) is -2.16. The fraction of sp³-hybridized carbons (Fsp3) is 0.400. The van der Waals surface area contributed by atoms with Crippen molar-refractivity contribution in [2.24, 2.45) is 0 Å². The molecular weight excluding hydrogens is 500 g/mol. The third kappa shape index (κ3) is 6.14. The molecule has 8 heteroatoms. The van der Waals surface area contributed by atoms with E-state index in [2.05, 4.69) is 4.90 Å². The maximum atomic E-state index is 13.9. The highest BCUT2D eigenvalue weighted by Crippen LogP contribution is 2.33. The zero-order valence-corrected chi connectivity index (χ0v) is 23.0. The van der Waals surface area contributed by atoms with E-state index in [-0.39, 0.29) is 24.1 Å². The van der Waals surface area contributed by atoms with Crippen molar-refractivity contribution in [1.29, 1.82) is 0 Å². The highest BCUT2D eigenvalue weighted by molar-refractivity contribution is 7.89. The number of fused-ring (bicyclic) bond motifs is 1. The third-order valence-corrected chi connectivity index (χ3v) is 9.25. The molecule has 0 spiro atoms. The van der Waals surface area contributed by atoms with Crippen LogP contribution in [0.3, 0.4) is 0 Å². The Labute approximate surface area is 226 Å².